The van der Waals surface area contributed by atoms with E-state index in [1.807, 2.05) is 0 Å². The number of nitrogens with zero attached hydrogens (tertiary/aromatic N) is 2. The van der Waals surface area contributed by atoms with E-state index in [0.717, 1.165) is 12.1 Å². The van der Waals surface area contributed by atoms with Crippen molar-refractivity contribution in [3.05, 3.63) is 0 Å². The average Bonchev–Trinajstić information content (AvgIpc) is 2.42. The van der Waals surface area contributed by atoms with Crippen LogP contribution in [0.4, 0.5) is 0 Å². The fourth-order valence-corrected chi connectivity index (χ4v) is 2.66. The van der Waals surface area contributed by atoms with Crippen LogP contribution in [0.25, 0.3) is 0 Å². The van der Waals surface area contributed by atoms with Crippen LogP contribution in [0, 0.1) is 0 Å². The Kier molecular flexibility index (Phi) is 2.89. The highest BCUT2D eigenvalue weighted by atomic mass is 15.3. The first kappa shape index (κ1) is 9.47. The van der Waals surface area contributed by atoms with Gasteiger partial charge in [-0.3, -0.25) is 9.80 Å². The predicted octanol–water partition coefficient (Wildman–Crippen LogP) is 1.91. The molecule has 2 nitrogen and oxygen atoms in total. The van der Waals surface area contributed by atoms with E-state index in [1.54, 1.807) is 0 Å². The third-order valence-corrected chi connectivity index (χ3v) is 3.58. The molecule has 1 unspecified atom stereocenters. The van der Waals surface area contributed by atoms with E-state index in [2.05, 4.69) is 23.6 Å². The molecule has 2 rings (SSSR count). The highest BCUT2D eigenvalue weighted by molar-refractivity contribution is 4.82. The summed E-state index contributed by atoms with van der Waals surface area (Å²) in [5.74, 6) is 0. The summed E-state index contributed by atoms with van der Waals surface area (Å²) in [7, 11) is 0. The molecule has 0 aliphatic carbocycles. The second kappa shape index (κ2) is 3.97. The molecule has 0 spiro atoms. The van der Waals surface area contributed by atoms with Crippen LogP contribution in [-0.2, 0) is 0 Å². The second-order valence-electron chi connectivity index (χ2n) is 4.80. The Morgan fingerprint density at radius 1 is 1.08 bits per heavy atom. The zero-order chi connectivity index (χ0) is 9.26. The van der Waals surface area contributed by atoms with E-state index in [0.29, 0.717) is 0 Å². The summed E-state index contributed by atoms with van der Waals surface area (Å²) in [6.45, 7) is 8.51. The van der Waals surface area contributed by atoms with Crippen molar-refractivity contribution in [2.24, 2.45) is 0 Å². The van der Waals surface area contributed by atoms with Gasteiger partial charge in [0.25, 0.3) is 0 Å². The molecule has 2 saturated heterocycles. The standard InChI is InChI=1S/C11H22N2/c1-10(2)12-7-3-5-11-6-4-8-13(11)9-12/h10-11H,3-9H2,1-2H3. The molecule has 0 bridgehead atoms. The minimum atomic E-state index is 0.722. The first-order valence-corrected chi connectivity index (χ1v) is 5.75. The molecule has 13 heavy (non-hydrogen) atoms. The van der Waals surface area contributed by atoms with Crippen molar-refractivity contribution in [2.75, 3.05) is 19.8 Å². The van der Waals surface area contributed by atoms with Crippen LogP contribution in [0.2, 0.25) is 0 Å². The predicted molar refractivity (Wildman–Crippen MR) is 55.7 cm³/mol. The Balaban J connectivity index is 1.96. The minimum absolute atomic E-state index is 0.722. The molecular formula is C11H22N2. The number of hydrogen-bond donors (Lipinski definition) is 0. The van der Waals surface area contributed by atoms with E-state index < -0.39 is 0 Å². The third-order valence-electron chi connectivity index (χ3n) is 3.58. The second-order valence-corrected chi connectivity index (χ2v) is 4.80. The van der Waals surface area contributed by atoms with Gasteiger partial charge in [0.2, 0.25) is 0 Å². The molecule has 76 valence electrons. The van der Waals surface area contributed by atoms with Crippen molar-refractivity contribution >= 4 is 0 Å². The lowest BCUT2D eigenvalue weighted by Gasteiger charge is -2.30. The van der Waals surface area contributed by atoms with Gasteiger partial charge in [-0.1, -0.05) is 0 Å². The molecule has 0 aromatic carbocycles. The van der Waals surface area contributed by atoms with Crippen molar-refractivity contribution in [1.29, 1.82) is 0 Å². The van der Waals surface area contributed by atoms with Gasteiger partial charge in [0.15, 0.2) is 0 Å². The molecule has 2 aliphatic heterocycles. The van der Waals surface area contributed by atoms with Gasteiger partial charge in [-0.15, -0.1) is 0 Å². The highest BCUT2D eigenvalue weighted by Gasteiger charge is 2.28. The summed E-state index contributed by atoms with van der Waals surface area (Å²) in [5.41, 5.74) is 0. The van der Waals surface area contributed by atoms with E-state index in [9.17, 15) is 0 Å². The first-order chi connectivity index (χ1) is 6.27. The summed E-state index contributed by atoms with van der Waals surface area (Å²) in [4.78, 5) is 5.30. The third kappa shape index (κ3) is 2.05. The Morgan fingerprint density at radius 3 is 2.46 bits per heavy atom. The van der Waals surface area contributed by atoms with E-state index in [1.165, 1.54) is 45.4 Å². The number of rotatable bonds is 1. The molecule has 2 heteroatoms. The Morgan fingerprint density at radius 2 is 1.77 bits per heavy atom. The number of hydrogen-bond acceptors (Lipinski definition) is 2. The highest BCUT2D eigenvalue weighted by Crippen LogP contribution is 2.24. The fraction of sp³-hybridized carbons (Fsp3) is 1.00. The molecule has 0 aromatic heterocycles. The van der Waals surface area contributed by atoms with Gasteiger partial charge in [-0.25, -0.2) is 0 Å². The maximum Gasteiger partial charge on any atom is 0.0511 e. The Labute approximate surface area is 81.9 Å². The molecule has 0 saturated carbocycles. The molecular weight excluding hydrogens is 160 g/mol. The van der Waals surface area contributed by atoms with Crippen molar-refractivity contribution in [2.45, 2.75) is 51.6 Å². The van der Waals surface area contributed by atoms with Gasteiger partial charge >= 0.3 is 0 Å². The quantitative estimate of drug-likeness (QED) is 0.611. The van der Waals surface area contributed by atoms with Crippen molar-refractivity contribution in [3.8, 4) is 0 Å². The van der Waals surface area contributed by atoms with Crippen molar-refractivity contribution in [3.63, 3.8) is 0 Å². The minimum Gasteiger partial charge on any atom is -0.288 e. The van der Waals surface area contributed by atoms with E-state index >= 15 is 0 Å². The summed E-state index contributed by atoms with van der Waals surface area (Å²) in [5, 5.41) is 0. The van der Waals surface area contributed by atoms with Crippen LogP contribution in [0.5, 0.6) is 0 Å². The smallest absolute Gasteiger partial charge is 0.0511 e. The van der Waals surface area contributed by atoms with Gasteiger partial charge < -0.3 is 0 Å². The molecule has 0 aromatic rings. The lowest BCUT2D eigenvalue weighted by atomic mass is 10.1. The topological polar surface area (TPSA) is 6.48 Å². The van der Waals surface area contributed by atoms with Gasteiger partial charge in [-0.2, -0.15) is 0 Å². The molecule has 1 atom stereocenters. The molecule has 0 amide bonds. The molecule has 2 fully saturated rings. The van der Waals surface area contributed by atoms with Crippen LogP contribution < -0.4 is 0 Å². The zero-order valence-corrected chi connectivity index (χ0v) is 9.00. The van der Waals surface area contributed by atoms with Crippen LogP contribution in [-0.4, -0.2) is 41.6 Å². The fourth-order valence-electron chi connectivity index (χ4n) is 2.66. The van der Waals surface area contributed by atoms with Gasteiger partial charge in [0, 0.05) is 12.1 Å². The van der Waals surface area contributed by atoms with Gasteiger partial charge in [-0.05, 0) is 52.6 Å². The molecule has 2 aliphatic rings. The van der Waals surface area contributed by atoms with E-state index in [-0.39, 0.29) is 0 Å². The lowest BCUT2D eigenvalue weighted by molar-refractivity contribution is 0.121. The van der Waals surface area contributed by atoms with E-state index in [4.69, 9.17) is 0 Å². The van der Waals surface area contributed by atoms with Gasteiger partial charge in [0.1, 0.15) is 0 Å². The maximum atomic E-state index is 2.69. The summed E-state index contributed by atoms with van der Waals surface area (Å²) < 4.78 is 0. The van der Waals surface area contributed by atoms with Crippen LogP contribution >= 0.6 is 0 Å². The normalized spacial score (nSPS) is 32.1. The Bertz CT molecular complexity index is 167. The summed E-state index contributed by atoms with van der Waals surface area (Å²) in [6.07, 6.45) is 5.71. The van der Waals surface area contributed by atoms with Crippen LogP contribution in [0.1, 0.15) is 39.5 Å². The Hall–Kier alpha value is -0.0800. The average molecular weight is 182 g/mol. The number of fused-ring (bicyclic) bond motifs is 1. The van der Waals surface area contributed by atoms with Crippen molar-refractivity contribution < 1.29 is 0 Å². The van der Waals surface area contributed by atoms with Crippen LogP contribution in [0.3, 0.4) is 0 Å². The lowest BCUT2D eigenvalue weighted by Crippen LogP contribution is -2.41. The van der Waals surface area contributed by atoms with Crippen LogP contribution in [0.15, 0.2) is 0 Å². The maximum absolute atomic E-state index is 2.69. The summed E-state index contributed by atoms with van der Waals surface area (Å²) >= 11 is 0. The first-order valence-electron chi connectivity index (χ1n) is 5.75. The van der Waals surface area contributed by atoms with Crippen molar-refractivity contribution in [1.82, 2.24) is 9.80 Å². The molecule has 2 heterocycles. The molecule has 0 N–H and O–H groups in total. The zero-order valence-electron chi connectivity index (χ0n) is 9.00. The monoisotopic (exact) mass is 182 g/mol. The molecule has 0 radical (unpaired) electrons. The van der Waals surface area contributed by atoms with Gasteiger partial charge in [0.05, 0.1) is 6.67 Å². The largest absolute Gasteiger partial charge is 0.288 e. The SMILES string of the molecule is CC(C)N1CCCC2CCCN2C1. The summed E-state index contributed by atoms with van der Waals surface area (Å²) in [6, 6.07) is 1.64.